The highest BCUT2D eigenvalue weighted by Gasteiger charge is 2.39. The fraction of sp³-hybridized carbons (Fsp3) is 0.700. The summed E-state index contributed by atoms with van der Waals surface area (Å²) in [6.07, 6.45) is 3.33. The first kappa shape index (κ1) is 9.81. The largest absolute Gasteiger partial charge is 0.336 e. The molecule has 1 aromatic rings. The van der Waals surface area contributed by atoms with Crippen LogP contribution in [0.4, 0.5) is 0 Å². The third-order valence-corrected chi connectivity index (χ3v) is 3.87. The number of H-pyrrole nitrogens is 1. The van der Waals surface area contributed by atoms with E-state index in [1.54, 1.807) is 0 Å². The zero-order valence-electron chi connectivity index (χ0n) is 8.57. The second kappa shape index (κ2) is 3.57. The summed E-state index contributed by atoms with van der Waals surface area (Å²) in [5.41, 5.74) is 2.67. The first-order chi connectivity index (χ1) is 7.30. The lowest BCUT2D eigenvalue weighted by Crippen LogP contribution is -2.53. The fourth-order valence-electron chi connectivity index (χ4n) is 2.73. The molecule has 82 valence electrons. The molecule has 1 spiro atoms. The van der Waals surface area contributed by atoms with E-state index in [9.17, 15) is 0 Å². The van der Waals surface area contributed by atoms with E-state index in [0.717, 1.165) is 43.6 Å². The number of nitrogens with one attached hydrogen (secondary N) is 3. The quantitative estimate of drug-likeness (QED) is 0.657. The molecule has 1 aromatic heterocycles. The topological polar surface area (TPSA) is 52.7 Å². The molecule has 3 N–H and O–H groups in total. The number of imidazole rings is 1. The molecule has 0 atom stereocenters. The average molecular weight is 271 g/mol. The maximum Gasteiger partial charge on any atom is 0.174 e. The van der Waals surface area contributed by atoms with Gasteiger partial charge in [-0.15, -0.1) is 0 Å². The Labute approximate surface area is 97.4 Å². The van der Waals surface area contributed by atoms with Gasteiger partial charge in [-0.05, 0) is 41.9 Å². The van der Waals surface area contributed by atoms with Crippen molar-refractivity contribution >= 4 is 15.9 Å². The molecule has 3 heterocycles. The molecule has 3 rings (SSSR count). The predicted molar refractivity (Wildman–Crippen MR) is 61.8 cm³/mol. The predicted octanol–water partition coefficient (Wildman–Crippen LogP) is 0.897. The van der Waals surface area contributed by atoms with Crippen molar-refractivity contribution < 1.29 is 0 Å². The van der Waals surface area contributed by atoms with Crippen LogP contribution in [0, 0.1) is 0 Å². The van der Waals surface area contributed by atoms with E-state index < -0.39 is 0 Å². The summed E-state index contributed by atoms with van der Waals surface area (Å²) >= 11 is 3.43. The minimum absolute atomic E-state index is 0.126. The number of aromatic amines is 1. The monoisotopic (exact) mass is 270 g/mol. The highest BCUT2D eigenvalue weighted by atomic mass is 79.9. The van der Waals surface area contributed by atoms with Crippen LogP contribution in [0.3, 0.4) is 0 Å². The van der Waals surface area contributed by atoms with Gasteiger partial charge in [-0.1, -0.05) is 0 Å². The normalized spacial score (nSPS) is 24.1. The van der Waals surface area contributed by atoms with Gasteiger partial charge in [-0.3, -0.25) is 0 Å². The van der Waals surface area contributed by atoms with Gasteiger partial charge in [0.05, 0.1) is 11.2 Å². The van der Waals surface area contributed by atoms with Crippen LogP contribution in [0.25, 0.3) is 0 Å². The molecule has 4 nitrogen and oxygen atoms in total. The summed E-state index contributed by atoms with van der Waals surface area (Å²) in [5.74, 6) is 0. The van der Waals surface area contributed by atoms with E-state index in [1.807, 2.05) is 0 Å². The van der Waals surface area contributed by atoms with E-state index in [4.69, 9.17) is 0 Å². The average Bonchev–Trinajstić information content (AvgIpc) is 2.62. The molecular formula is C10H15BrN4. The molecule has 1 fully saturated rings. The zero-order chi connectivity index (χ0) is 10.3. The lowest BCUT2D eigenvalue weighted by Gasteiger charge is -2.40. The molecule has 0 unspecified atom stereocenters. The van der Waals surface area contributed by atoms with E-state index >= 15 is 0 Å². The molecule has 0 saturated carbocycles. The van der Waals surface area contributed by atoms with Crippen LogP contribution in [-0.4, -0.2) is 29.6 Å². The number of halogens is 1. The number of piperidine rings is 1. The lowest BCUT2D eigenvalue weighted by molar-refractivity contribution is 0.228. The molecule has 0 aromatic carbocycles. The Bertz CT molecular complexity index is 367. The third-order valence-electron chi connectivity index (χ3n) is 3.50. The van der Waals surface area contributed by atoms with Gasteiger partial charge in [0.15, 0.2) is 4.73 Å². The first-order valence-electron chi connectivity index (χ1n) is 5.51. The zero-order valence-corrected chi connectivity index (χ0v) is 10.2. The molecule has 1 saturated heterocycles. The molecule has 15 heavy (non-hydrogen) atoms. The van der Waals surface area contributed by atoms with Crippen LogP contribution in [0.2, 0.25) is 0 Å². The maximum atomic E-state index is 4.60. The van der Waals surface area contributed by atoms with Gasteiger partial charge in [-0.2, -0.15) is 0 Å². The van der Waals surface area contributed by atoms with Crippen LogP contribution in [-0.2, 0) is 12.0 Å². The number of fused-ring (bicyclic) bond motifs is 2. The summed E-state index contributed by atoms with van der Waals surface area (Å²) < 4.78 is 0.870. The van der Waals surface area contributed by atoms with E-state index in [-0.39, 0.29) is 5.54 Å². The van der Waals surface area contributed by atoms with Crippen LogP contribution < -0.4 is 10.6 Å². The summed E-state index contributed by atoms with van der Waals surface area (Å²) in [6.45, 7) is 3.22. The van der Waals surface area contributed by atoms with E-state index in [1.165, 1.54) is 11.4 Å². The maximum absolute atomic E-state index is 4.60. The molecule has 2 aliphatic heterocycles. The summed E-state index contributed by atoms with van der Waals surface area (Å²) in [5, 5.41) is 7.06. The number of rotatable bonds is 0. The van der Waals surface area contributed by atoms with Crippen molar-refractivity contribution in [2.75, 3.05) is 19.6 Å². The first-order valence-corrected chi connectivity index (χ1v) is 6.30. The lowest BCUT2D eigenvalue weighted by atomic mass is 9.81. The van der Waals surface area contributed by atoms with Crippen molar-refractivity contribution in [2.24, 2.45) is 0 Å². The minimum atomic E-state index is 0.126. The summed E-state index contributed by atoms with van der Waals surface area (Å²) in [4.78, 5) is 7.91. The second-order valence-corrected chi connectivity index (χ2v) is 5.11. The van der Waals surface area contributed by atoms with Gasteiger partial charge in [0.1, 0.15) is 0 Å². The standard InChI is InChI=1S/C10H15BrN4/c11-9-14-7-1-4-13-10(8(7)15-9)2-5-12-6-3-10/h12-13H,1-6H2,(H,14,15). The number of nitrogens with zero attached hydrogens (tertiary/aromatic N) is 1. The van der Waals surface area contributed by atoms with Crippen molar-refractivity contribution in [3.05, 3.63) is 16.1 Å². The second-order valence-electron chi connectivity index (χ2n) is 4.36. The van der Waals surface area contributed by atoms with E-state index in [0.29, 0.717) is 0 Å². The van der Waals surface area contributed by atoms with Crippen molar-refractivity contribution in [3.63, 3.8) is 0 Å². The minimum Gasteiger partial charge on any atom is -0.336 e. The van der Waals surface area contributed by atoms with Gasteiger partial charge in [0.2, 0.25) is 0 Å². The molecule has 2 aliphatic rings. The Morgan fingerprint density at radius 1 is 1.20 bits per heavy atom. The van der Waals surface area contributed by atoms with Gasteiger partial charge in [0.25, 0.3) is 0 Å². The van der Waals surface area contributed by atoms with Crippen LogP contribution in [0.5, 0.6) is 0 Å². The highest BCUT2D eigenvalue weighted by Crippen LogP contribution is 2.35. The smallest absolute Gasteiger partial charge is 0.174 e. The Hall–Kier alpha value is -0.390. The molecule has 0 amide bonds. The Morgan fingerprint density at radius 3 is 2.80 bits per heavy atom. The number of aromatic nitrogens is 2. The molecule has 0 radical (unpaired) electrons. The Kier molecular flexibility index (Phi) is 2.34. The molecule has 5 heteroatoms. The fourth-order valence-corrected chi connectivity index (χ4v) is 3.15. The summed E-state index contributed by atoms with van der Waals surface area (Å²) in [7, 11) is 0. The van der Waals surface area contributed by atoms with E-state index in [2.05, 4.69) is 36.5 Å². The number of hydrogen-bond acceptors (Lipinski definition) is 3. The third kappa shape index (κ3) is 1.53. The molecule has 0 bridgehead atoms. The van der Waals surface area contributed by atoms with Crippen molar-refractivity contribution in [1.29, 1.82) is 0 Å². The van der Waals surface area contributed by atoms with Crippen molar-refractivity contribution in [2.45, 2.75) is 24.8 Å². The van der Waals surface area contributed by atoms with Gasteiger partial charge in [0, 0.05) is 18.7 Å². The van der Waals surface area contributed by atoms with Crippen LogP contribution in [0.1, 0.15) is 24.2 Å². The molecular weight excluding hydrogens is 256 g/mol. The van der Waals surface area contributed by atoms with Crippen LogP contribution in [0.15, 0.2) is 4.73 Å². The Morgan fingerprint density at radius 2 is 2.00 bits per heavy atom. The van der Waals surface area contributed by atoms with Crippen LogP contribution >= 0.6 is 15.9 Å². The van der Waals surface area contributed by atoms with Gasteiger partial charge < -0.3 is 15.6 Å². The van der Waals surface area contributed by atoms with Gasteiger partial charge in [-0.25, -0.2) is 4.98 Å². The van der Waals surface area contributed by atoms with Crippen molar-refractivity contribution in [3.8, 4) is 0 Å². The van der Waals surface area contributed by atoms with Crippen molar-refractivity contribution in [1.82, 2.24) is 20.6 Å². The summed E-state index contributed by atoms with van der Waals surface area (Å²) in [6, 6.07) is 0. The SMILES string of the molecule is Brc1nc2c([nH]1)CCNC21CCNCC1. The van der Waals surface area contributed by atoms with Gasteiger partial charge >= 0.3 is 0 Å². The highest BCUT2D eigenvalue weighted by molar-refractivity contribution is 9.10. The molecule has 0 aliphatic carbocycles. The Balaban J connectivity index is 2.03. The number of hydrogen-bond donors (Lipinski definition) is 3.